The highest BCUT2D eigenvalue weighted by molar-refractivity contribution is 5.95. The van der Waals surface area contributed by atoms with Gasteiger partial charge in [0.05, 0.1) is 18.7 Å². The van der Waals surface area contributed by atoms with E-state index in [9.17, 15) is 9.59 Å². The van der Waals surface area contributed by atoms with Crippen molar-refractivity contribution >= 4 is 17.5 Å². The average Bonchev–Trinajstić information content (AvgIpc) is 3.14. The van der Waals surface area contributed by atoms with Crippen LogP contribution in [-0.4, -0.2) is 28.1 Å². The smallest absolute Gasteiger partial charge is 0.227 e. The summed E-state index contributed by atoms with van der Waals surface area (Å²) < 4.78 is 1.80. The Morgan fingerprint density at radius 1 is 1.32 bits per heavy atom. The van der Waals surface area contributed by atoms with Crippen molar-refractivity contribution in [1.82, 2.24) is 15.1 Å². The first kappa shape index (κ1) is 17.2. The number of nitrogens with one attached hydrogen (secondary N) is 1. The molecule has 132 valence electrons. The summed E-state index contributed by atoms with van der Waals surface area (Å²) in [5.41, 5.74) is 3.92. The van der Waals surface area contributed by atoms with E-state index in [1.165, 1.54) is 0 Å². The highest BCUT2D eigenvalue weighted by Gasteiger charge is 2.21. The van der Waals surface area contributed by atoms with Crippen LogP contribution < -0.4 is 10.2 Å². The third-order valence-electron chi connectivity index (χ3n) is 4.80. The lowest BCUT2D eigenvalue weighted by atomic mass is 10.1. The number of nitrogens with zero attached hydrogens (tertiary/aromatic N) is 3. The Morgan fingerprint density at radius 3 is 2.60 bits per heavy atom. The van der Waals surface area contributed by atoms with Gasteiger partial charge in [-0.1, -0.05) is 12.1 Å². The summed E-state index contributed by atoms with van der Waals surface area (Å²) in [4.78, 5) is 25.9. The van der Waals surface area contributed by atoms with Gasteiger partial charge in [0.1, 0.15) is 0 Å². The van der Waals surface area contributed by atoms with Crippen molar-refractivity contribution in [3.05, 3.63) is 47.3 Å². The van der Waals surface area contributed by atoms with Crippen molar-refractivity contribution in [1.29, 1.82) is 0 Å². The van der Waals surface area contributed by atoms with E-state index in [2.05, 4.69) is 10.4 Å². The minimum atomic E-state index is -0.0808. The molecular formula is C19H24N4O2. The standard InChI is InChI=1S/C19H24N4O2/c1-13(17-12-20-22(3)14(17)2)21-18(24)11-15-6-8-16(9-7-15)23-10-4-5-19(23)25/h6-9,12-13H,4-5,10-11H2,1-3H3,(H,21,24). The Labute approximate surface area is 147 Å². The number of amides is 2. The van der Waals surface area contributed by atoms with Gasteiger partial charge in [-0.3, -0.25) is 14.3 Å². The van der Waals surface area contributed by atoms with Crippen molar-refractivity contribution in [3.8, 4) is 0 Å². The Morgan fingerprint density at radius 2 is 2.04 bits per heavy atom. The summed E-state index contributed by atoms with van der Waals surface area (Å²) in [5.74, 6) is 0.145. The van der Waals surface area contributed by atoms with Gasteiger partial charge in [-0.25, -0.2) is 0 Å². The quantitative estimate of drug-likeness (QED) is 0.908. The summed E-state index contributed by atoms with van der Waals surface area (Å²) in [6, 6.07) is 7.59. The zero-order valence-corrected chi connectivity index (χ0v) is 15.0. The lowest BCUT2D eigenvalue weighted by Gasteiger charge is -2.16. The zero-order valence-electron chi connectivity index (χ0n) is 15.0. The molecule has 0 spiro atoms. The van der Waals surface area contributed by atoms with Crippen molar-refractivity contribution < 1.29 is 9.59 Å². The summed E-state index contributed by atoms with van der Waals surface area (Å²) in [7, 11) is 1.89. The minimum absolute atomic E-state index is 0.0271. The van der Waals surface area contributed by atoms with Crippen LogP contribution >= 0.6 is 0 Å². The second kappa shape index (κ2) is 7.09. The fourth-order valence-electron chi connectivity index (χ4n) is 3.21. The van der Waals surface area contributed by atoms with E-state index in [1.807, 2.05) is 45.2 Å². The number of aryl methyl sites for hydroxylation is 1. The third kappa shape index (κ3) is 3.73. The predicted molar refractivity (Wildman–Crippen MR) is 96.2 cm³/mol. The van der Waals surface area contributed by atoms with Crippen LogP contribution in [0.15, 0.2) is 30.5 Å². The minimum Gasteiger partial charge on any atom is -0.349 e. The molecule has 2 aromatic rings. The molecule has 1 aromatic carbocycles. The maximum absolute atomic E-state index is 12.3. The molecule has 1 atom stereocenters. The molecule has 1 aromatic heterocycles. The Balaban J connectivity index is 1.59. The highest BCUT2D eigenvalue weighted by Crippen LogP contribution is 2.22. The molecule has 3 rings (SSSR count). The van der Waals surface area contributed by atoms with Gasteiger partial charge in [0.25, 0.3) is 0 Å². The maximum atomic E-state index is 12.3. The predicted octanol–water partition coefficient (Wildman–Crippen LogP) is 2.28. The SMILES string of the molecule is Cc1c(C(C)NC(=O)Cc2ccc(N3CCCC3=O)cc2)cnn1C. The van der Waals surface area contributed by atoms with E-state index in [-0.39, 0.29) is 17.9 Å². The van der Waals surface area contributed by atoms with Gasteiger partial charge in [0.15, 0.2) is 0 Å². The highest BCUT2D eigenvalue weighted by atomic mass is 16.2. The van der Waals surface area contributed by atoms with E-state index in [1.54, 1.807) is 15.8 Å². The number of anilines is 1. The van der Waals surface area contributed by atoms with E-state index < -0.39 is 0 Å². The average molecular weight is 340 g/mol. The van der Waals surface area contributed by atoms with Crippen LogP contribution in [0.25, 0.3) is 0 Å². The lowest BCUT2D eigenvalue weighted by molar-refractivity contribution is -0.121. The van der Waals surface area contributed by atoms with Gasteiger partial charge in [-0.15, -0.1) is 0 Å². The van der Waals surface area contributed by atoms with Crippen LogP contribution in [0.4, 0.5) is 5.69 Å². The van der Waals surface area contributed by atoms with Crippen molar-refractivity contribution in [2.75, 3.05) is 11.4 Å². The molecule has 0 saturated carbocycles. The molecule has 2 heterocycles. The molecule has 0 aliphatic carbocycles. The second-order valence-electron chi connectivity index (χ2n) is 6.59. The number of rotatable bonds is 5. The van der Waals surface area contributed by atoms with E-state index >= 15 is 0 Å². The van der Waals surface area contributed by atoms with Gasteiger partial charge >= 0.3 is 0 Å². The fraction of sp³-hybridized carbons (Fsp3) is 0.421. The molecule has 1 aliphatic heterocycles. The molecular weight excluding hydrogens is 316 g/mol. The fourth-order valence-corrected chi connectivity index (χ4v) is 3.21. The van der Waals surface area contributed by atoms with Crippen LogP contribution in [-0.2, 0) is 23.1 Å². The van der Waals surface area contributed by atoms with Crippen LogP contribution in [0.3, 0.4) is 0 Å². The monoisotopic (exact) mass is 340 g/mol. The largest absolute Gasteiger partial charge is 0.349 e. The molecule has 0 bridgehead atoms. The molecule has 1 unspecified atom stereocenters. The molecule has 6 nitrogen and oxygen atoms in total. The second-order valence-corrected chi connectivity index (χ2v) is 6.59. The van der Waals surface area contributed by atoms with Crippen LogP contribution in [0, 0.1) is 6.92 Å². The summed E-state index contributed by atoms with van der Waals surface area (Å²) in [5, 5.41) is 7.23. The molecule has 1 fully saturated rings. The summed E-state index contributed by atoms with van der Waals surface area (Å²) >= 11 is 0. The molecule has 25 heavy (non-hydrogen) atoms. The topological polar surface area (TPSA) is 67.2 Å². The van der Waals surface area contributed by atoms with Crippen LogP contribution in [0.2, 0.25) is 0 Å². The number of aromatic nitrogens is 2. The number of hydrogen-bond acceptors (Lipinski definition) is 3. The summed E-state index contributed by atoms with van der Waals surface area (Å²) in [6.07, 6.45) is 3.64. The van der Waals surface area contributed by atoms with Gasteiger partial charge in [0, 0.05) is 37.0 Å². The third-order valence-corrected chi connectivity index (χ3v) is 4.80. The van der Waals surface area contributed by atoms with E-state index in [0.29, 0.717) is 12.8 Å². The number of carbonyl (C=O) groups is 2. The van der Waals surface area contributed by atoms with Crippen molar-refractivity contribution in [3.63, 3.8) is 0 Å². The molecule has 1 aliphatic rings. The molecule has 1 saturated heterocycles. The first-order chi connectivity index (χ1) is 12.0. The van der Waals surface area contributed by atoms with Crippen molar-refractivity contribution in [2.24, 2.45) is 7.05 Å². The first-order valence-electron chi connectivity index (χ1n) is 8.63. The molecule has 0 radical (unpaired) electrons. The Hall–Kier alpha value is -2.63. The first-order valence-corrected chi connectivity index (χ1v) is 8.63. The summed E-state index contributed by atoms with van der Waals surface area (Å²) in [6.45, 7) is 4.73. The van der Waals surface area contributed by atoms with E-state index in [0.717, 1.165) is 35.5 Å². The number of benzene rings is 1. The van der Waals surface area contributed by atoms with Crippen LogP contribution in [0.1, 0.15) is 42.6 Å². The van der Waals surface area contributed by atoms with Gasteiger partial charge in [-0.2, -0.15) is 5.10 Å². The molecule has 6 heteroatoms. The van der Waals surface area contributed by atoms with Crippen molar-refractivity contribution in [2.45, 2.75) is 39.2 Å². The molecule has 1 N–H and O–H groups in total. The number of carbonyl (C=O) groups excluding carboxylic acids is 2. The van der Waals surface area contributed by atoms with Gasteiger partial charge < -0.3 is 10.2 Å². The van der Waals surface area contributed by atoms with Gasteiger partial charge in [0.2, 0.25) is 11.8 Å². The lowest BCUT2D eigenvalue weighted by Crippen LogP contribution is -2.28. The normalized spacial score (nSPS) is 15.5. The Bertz CT molecular complexity index is 779. The maximum Gasteiger partial charge on any atom is 0.227 e. The van der Waals surface area contributed by atoms with E-state index in [4.69, 9.17) is 0 Å². The number of hydrogen-bond donors (Lipinski definition) is 1. The zero-order chi connectivity index (χ0) is 18.0. The van der Waals surface area contributed by atoms with Crippen LogP contribution in [0.5, 0.6) is 0 Å². The Kier molecular flexibility index (Phi) is 4.88. The van der Waals surface area contributed by atoms with Gasteiger partial charge in [-0.05, 0) is 38.0 Å². The molecule has 2 amide bonds.